The maximum absolute atomic E-state index is 5.63. The van der Waals surface area contributed by atoms with Gasteiger partial charge in [-0.2, -0.15) is 0 Å². The second-order valence-corrected chi connectivity index (χ2v) is 6.93. The van der Waals surface area contributed by atoms with Crippen molar-refractivity contribution < 1.29 is 4.74 Å². The molecule has 3 rings (SSSR count). The number of nitrogens with zero attached hydrogens (tertiary/aromatic N) is 5. The van der Waals surface area contributed by atoms with Gasteiger partial charge >= 0.3 is 0 Å². The third-order valence-corrected chi connectivity index (χ3v) is 5.07. The van der Waals surface area contributed by atoms with Gasteiger partial charge in [-0.3, -0.25) is 4.90 Å². The van der Waals surface area contributed by atoms with Crippen molar-refractivity contribution >= 4 is 5.96 Å². The highest BCUT2D eigenvalue weighted by Crippen LogP contribution is 2.31. The van der Waals surface area contributed by atoms with E-state index in [9.17, 15) is 0 Å². The van der Waals surface area contributed by atoms with Gasteiger partial charge in [0, 0.05) is 25.7 Å². The molecule has 1 aliphatic rings. The molecule has 0 bridgehead atoms. The lowest BCUT2D eigenvalue weighted by atomic mass is 10.0. The van der Waals surface area contributed by atoms with Gasteiger partial charge in [0.05, 0.1) is 13.2 Å². The molecule has 0 aliphatic carbocycles. The summed E-state index contributed by atoms with van der Waals surface area (Å²) in [6.07, 6.45) is 4.17. The summed E-state index contributed by atoms with van der Waals surface area (Å²) < 4.78 is 7.52. The summed E-state index contributed by atoms with van der Waals surface area (Å²) in [6.45, 7) is 6.32. The van der Waals surface area contributed by atoms with Crippen molar-refractivity contribution in [2.45, 2.75) is 32.4 Å². The maximum atomic E-state index is 5.63. The highest BCUT2D eigenvalue weighted by atomic mass is 16.5. The third kappa shape index (κ3) is 5.01. The number of nitrogens with one attached hydrogen (secondary N) is 2. The minimum absolute atomic E-state index is 0.234. The minimum Gasteiger partial charge on any atom is -0.496 e. The SMILES string of the molecule is CCNC(=NCc1nncn1C)NCC(c1ccccc1OC)N1CCCC1. The summed E-state index contributed by atoms with van der Waals surface area (Å²) in [4.78, 5) is 7.20. The molecular weight excluding hydrogens is 354 g/mol. The minimum atomic E-state index is 0.234. The van der Waals surface area contributed by atoms with Gasteiger partial charge in [0.1, 0.15) is 18.6 Å². The molecule has 152 valence electrons. The number of hydrogen-bond acceptors (Lipinski definition) is 5. The first-order valence-electron chi connectivity index (χ1n) is 9.95. The predicted octanol–water partition coefficient (Wildman–Crippen LogP) is 1.72. The molecule has 0 radical (unpaired) electrons. The van der Waals surface area contributed by atoms with E-state index in [0.29, 0.717) is 6.54 Å². The summed E-state index contributed by atoms with van der Waals surface area (Å²) in [6, 6.07) is 8.52. The normalized spacial score (nSPS) is 16.2. The summed E-state index contributed by atoms with van der Waals surface area (Å²) >= 11 is 0. The van der Waals surface area contributed by atoms with Gasteiger partial charge in [-0.15, -0.1) is 10.2 Å². The standard InChI is InChI=1S/C20H31N7O/c1-4-21-20(23-14-19-25-24-15-26(19)2)22-13-17(27-11-7-8-12-27)16-9-5-6-10-18(16)28-3/h5-6,9-10,15,17H,4,7-8,11-14H2,1-3H3,(H2,21,22,23). The van der Waals surface area contributed by atoms with Gasteiger partial charge in [-0.1, -0.05) is 18.2 Å². The number of para-hydroxylation sites is 1. The lowest BCUT2D eigenvalue weighted by molar-refractivity contribution is 0.239. The molecule has 1 aromatic heterocycles. The van der Waals surface area contributed by atoms with E-state index in [2.05, 4.69) is 49.8 Å². The molecule has 28 heavy (non-hydrogen) atoms. The second kappa shape index (κ2) is 10.1. The molecule has 8 nitrogen and oxygen atoms in total. The van der Waals surface area contributed by atoms with Crippen LogP contribution in [0.25, 0.3) is 0 Å². The fourth-order valence-electron chi connectivity index (χ4n) is 3.57. The Kier molecular flexibility index (Phi) is 7.25. The Bertz CT molecular complexity index is 767. The number of aromatic nitrogens is 3. The maximum Gasteiger partial charge on any atom is 0.191 e. The molecule has 0 spiro atoms. The fraction of sp³-hybridized carbons (Fsp3) is 0.550. The summed E-state index contributed by atoms with van der Waals surface area (Å²) in [7, 11) is 3.66. The zero-order chi connectivity index (χ0) is 19.8. The number of likely N-dealkylation sites (tertiary alicyclic amines) is 1. The first kappa shape index (κ1) is 20.1. The van der Waals surface area contributed by atoms with Crippen LogP contribution in [0.4, 0.5) is 0 Å². The highest BCUT2D eigenvalue weighted by Gasteiger charge is 2.26. The number of ether oxygens (including phenoxy) is 1. The monoisotopic (exact) mass is 385 g/mol. The van der Waals surface area contributed by atoms with E-state index in [1.807, 2.05) is 23.7 Å². The van der Waals surface area contributed by atoms with Gasteiger partial charge in [0.15, 0.2) is 11.8 Å². The molecule has 2 N–H and O–H groups in total. The lowest BCUT2D eigenvalue weighted by Gasteiger charge is -2.30. The topological polar surface area (TPSA) is 79.6 Å². The Hall–Kier alpha value is -2.61. The van der Waals surface area contributed by atoms with Crippen molar-refractivity contribution in [1.29, 1.82) is 0 Å². The van der Waals surface area contributed by atoms with E-state index >= 15 is 0 Å². The number of benzene rings is 1. The van der Waals surface area contributed by atoms with Crippen LogP contribution in [-0.4, -0.2) is 58.9 Å². The Balaban J connectivity index is 1.74. The summed E-state index contributed by atoms with van der Waals surface area (Å²) in [5.74, 6) is 2.55. The predicted molar refractivity (Wildman–Crippen MR) is 110 cm³/mol. The molecule has 1 aliphatic heterocycles. The summed E-state index contributed by atoms with van der Waals surface area (Å²) in [5.41, 5.74) is 1.21. The Morgan fingerprint density at radius 3 is 2.71 bits per heavy atom. The molecule has 2 heterocycles. The van der Waals surface area contributed by atoms with Crippen LogP contribution in [-0.2, 0) is 13.6 Å². The first-order chi connectivity index (χ1) is 13.7. The Morgan fingerprint density at radius 2 is 2.04 bits per heavy atom. The van der Waals surface area contributed by atoms with Crippen molar-refractivity contribution in [3.8, 4) is 5.75 Å². The van der Waals surface area contributed by atoms with E-state index in [0.717, 1.165) is 43.7 Å². The van der Waals surface area contributed by atoms with Gasteiger partial charge in [-0.25, -0.2) is 4.99 Å². The van der Waals surface area contributed by atoms with Crippen molar-refractivity contribution in [1.82, 2.24) is 30.3 Å². The average Bonchev–Trinajstić information content (AvgIpc) is 3.38. The van der Waals surface area contributed by atoms with Crippen LogP contribution in [0, 0.1) is 0 Å². The smallest absolute Gasteiger partial charge is 0.191 e. The second-order valence-electron chi connectivity index (χ2n) is 6.93. The van der Waals surface area contributed by atoms with E-state index in [4.69, 9.17) is 4.74 Å². The van der Waals surface area contributed by atoms with Crippen molar-refractivity contribution in [3.63, 3.8) is 0 Å². The lowest BCUT2D eigenvalue weighted by Crippen LogP contribution is -2.42. The molecule has 0 saturated carbocycles. The number of methoxy groups -OCH3 is 1. The molecule has 1 fully saturated rings. The molecule has 8 heteroatoms. The zero-order valence-electron chi connectivity index (χ0n) is 17.1. The van der Waals surface area contributed by atoms with Crippen molar-refractivity contribution in [3.05, 3.63) is 42.0 Å². The Morgan fingerprint density at radius 1 is 1.25 bits per heavy atom. The molecule has 1 saturated heterocycles. The van der Waals surface area contributed by atoms with Crippen LogP contribution in [0.1, 0.15) is 37.2 Å². The average molecular weight is 386 g/mol. The largest absolute Gasteiger partial charge is 0.496 e. The molecule has 2 aromatic rings. The first-order valence-corrected chi connectivity index (χ1v) is 9.95. The summed E-state index contributed by atoms with van der Waals surface area (Å²) in [5, 5.41) is 14.9. The number of aliphatic imine (C=N–C) groups is 1. The van der Waals surface area contributed by atoms with Crippen LogP contribution in [0.2, 0.25) is 0 Å². The van der Waals surface area contributed by atoms with Crippen LogP contribution in [0.3, 0.4) is 0 Å². The molecule has 0 amide bonds. The zero-order valence-corrected chi connectivity index (χ0v) is 17.1. The number of hydrogen-bond donors (Lipinski definition) is 2. The van der Waals surface area contributed by atoms with E-state index in [-0.39, 0.29) is 6.04 Å². The number of guanidine groups is 1. The van der Waals surface area contributed by atoms with Crippen LogP contribution >= 0.6 is 0 Å². The van der Waals surface area contributed by atoms with Gasteiger partial charge < -0.3 is 19.9 Å². The molecule has 1 unspecified atom stereocenters. The molecule has 1 aromatic carbocycles. The van der Waals surface area contributed by atoms with Crippen LogP contribution < -0.4 is 15.4 Å². The van der Waals surface area contributed by atoms with Crippen LogP contribution in [0.5, 0.6) is 5.75 Å². The number of rotatable bonds is 8. The Labute approximate surface area is 167 Å². The fourth-order valence-corrected chi connectivity index (χ4v) is 3.57. The van der Waals surface area contributed by atoms with E-state index in [1.54, 1.807) is 13.4 Å². The highest BCUT2D eigenvalue weighted by molar-refractivity contribution is 5.79. The number of aryl methyl sites for hydroxylation is 1. The van der Waals surface area contributed by atoms with Crippen molar-refractivity contribution in [2.24, 2.45) is 12.0 Å². The van der Waals surface area contributed by atoms with E-state index < -0.39 is 0 Å². The van der Waals surface area contributed by atoms with Gasteiger partial charge in [0.25, 0.3) is 0 Å². The third-order valence-electron chi connectivity index (χ3n) is 5.07. The molecule has 1 atom stereocenters. The van der Waals surface area contributed by atoms with Crippen LogP contribution in [0.15, 0.2) is 35.6 Å². The van der Waals surface area contributed by atoms with Gasteiger partial charge in [-0.05, 0) is 38.9 Å². The van der Waals surface area contributed by atoms with E-state index in [1.165, 1.54) is 18.4 Å². The van der Waals surface area contributed by atoms with Crippen molar-refractivity contribution in [2.75, 3.05) is 33.3 Å². The quantitative estimate of drug-likeness (QED) is 0.532. The molecular formula is C20H31N7O. The van der Waals surface area contributed by atoms with Gasteiger partial charge in [0.2, 0.25) is 0 Å².